The highest BCUT2D eigenvalue weighted by Gasteiger charge is 2.36. The highest BCUT2D eigenvalue weighted by atomic mass is 32.2. The molecule has 2 atom stereocenters. The Labute approximate surface area is 143 Å². The molecule has 2 N–H and O–H groups in total. The largest absolute Gasteiger partial charge is 0.335 e. The number of carbonyl (C=O) groups is 1. The maximum Gasteiger partial charge on any atom is 0.319 e. The molecule has 0 spiro atoms. The van der Waals surface area contributed by atoms with Gasteiger partial charge in [-0.3, -0.25) is 0 Å². The number of rotatable bonds is 4. The van der Waals surface area contributed by atoms with Crippen molar-refractivity contribution >= 4 is 23.5 Å². The highest BCUT2D eigenvalue weighted by Crippen LogP contribution is 2.32. The molecule has 126 valence electrons. The normalized spacial score (nSPS) is 27.5. The van der Waals surface area contributed by atoms with Gasteiger partial charge in [-0.2, -0.15) is 11.8 Å². The predicted molar refractivity (Wildman–Crippen MR) is 98.0 cm³/mol. The van der Waals surface area contributed by atoms with Gasteiger partial charge in [0, 0.05) is 29.6 Å². The fraction of sp³-hybridized carbons (Fsp3) is 0.611. The number of piperidine rings is 2. The van der Waals surface area contributed by atoms with Crippen molar-refractivity contribution in [1.29, 1.82) is 0 Å². The summed E-state index contributed by atoms with van der Waals surface area (Å²) in [5.41, 5.74) is 2.12. The predicted octanol–water partition coefficient (Wildman–Crippen LogP) is 3.69. The van der Waals surface area contributed by atoms with Crippen LogP contribution in [0.1, 0.15) is 37.7 Å². The van der Waals surface area contributed by atoms with E-state index >= 15 is 0 Å². The van der Waals surface area contributed by atoms with E-state index in [-0.39, 0.29) is 6.03 Å². The average molecular weight is 334 g/mol. The third kappa shape index (κ3) is 4.21. The van der Waals surface area contributed by atoms with Crippen molar-refractivity contribution in [2.45, 2.75) is 56.0 Å². The zero-order valence-corrected chi connectivity index (χ0v) is 14.9. The Hall–Kier alpha value is -1.20. The average Bonchev–Trinajstić information content (AvgIpc) is 2.49. The number of anilines is 1. The summed E-state index contributed by atoms with van der Waals surface area (Å²) in [5.74, 6) is 0.968. The first-order valence-electron chi connectivity index (χ1n) is 8.53. The first-order valence-corrected chi connectivity index (χ1v) is 9.92. The monoisotopic (exact) mass is 333 g/mol. The van der Waals surface area contributed by atoms with Crippen molar-refractivity contribution in [2.75, 3.05) is 18.6 Å². The molecule has 1 aromatic carbocycles. The molecule has 2 aliphatic rings. The first-order chi connectivity index (χ1) is 11.2. The number of carbonyl (C=O) groups excluding carboxylic acids is 1. The molecule has 3 rings (SSSR count). The molecule has 2 aliphatic heterocycles. The lowest BCUT2D eigenvalue weighted by molar-refractivity contribution is 0.0513. The molecule has 0 aromatic heterocycles. The van der Waals surface area contributed by atoms with E-state index in [0.29, 0.717) is 18.1 Å². The lowest BCUT2D eigenvalue weighted by Gasteiger charge is -2.47. The van der Waals surface area contributed by atoms with Gasteiger partial charge >= 0.3 is 6.03 Å². The molecule has 2 unspecified atom stereocenters. The van der Waals surface area contributed by atoms with E-state index in [2.05, 4.69) is 41.0 Å². The fourth-order valence-corrected chi connectivity index (χ4v) is 4.50. The Morgan fingerprint density at radius 3 is 2.74 bits per heavy atom. The standard InChI is InChI=1S/C18H27N3OS/c1-21-16-7-4-8-17(21)11-15(10-16)20-18(22)19-14-6-3-5-13(9-14)12-23-2/h3,5-6,9,15-17H,4,7-8,10-12H2,1-2H3,(H2,19,20,22). The van der Waals surface area contributed by atoms with E-state index in [4.69, 9.17) is 0 Å². The van der Waals surface area contributed by atoms with E-state index in [0.717, 1.165) is 24.3 Å². The summed E-state index contributed by atoms with van der Waals surface area (Å²) >= 11 is 1.79. The van der Waals surface area contributed by atoms with Gasteiger partial charge < -0.3 is 15.5 Å². The molecule has 2 heterocycles. The zero-order valence-electron chi connectivity index (χ0n) is 14.0. The molecule has 0 radical (unpaired) electrons. The molecule has 2 fully saturated rings. The van der Waals surface area contributed by atoms with E-state index in [9.17, 15) is 4.79 Å². The van der Waals surface area contributed by atoms with Crippen LogP contribution in [0.4, 0.5) is 10.5 Å². The lowest BCUT2D eigenvalue weighted by Crippen LogP contribution is -2.55. The molecular weight excluding hydrogens is 306 g/mol. The summed E-state index contributed by atoms with van der Waals surface area (Å²) in [6.07, 6.45) is 8.11. The fourth-order valence-electron chi connectivity index (χ4n) is 3.99. The molecule has 1 aromatic rings. The van der Waals surface area contributed by atoms with E-state index in [1.165, 1.54) is 24.8 Å². The van der Waals surface area contributed by atoms with Gasteiger partial charge in [0.05, 0.1) is 0 Å². The summed E-state index contributed by atoms with van der Waals surface area (Å²) in [4.78, 5) is 14.8. The highest BCUT2D eigenvalue weighted by molar-refractivity contribution is 7.97. The maximum absolute atomic E-state index is 12.3. The van der Waals surface area contributed by atoms with Crippen LogP contribution in [0.25, 0.3) is 0 Å². The number of hydrogen-bond donors (Lipinski definition) is 2. The third-order valence-corrected chi connectivity index (χ3v) is 5.79. The van der Waals surface area contributed by atoms with Crippen LogP contribution in [0.3, 0.4) is 0 Å². The van der Waals surface area contributed by atoms with Gasteiger partial charge in [-0.15, -0.1) is 0 Å². The number of nitrogens with one attached hydrogen (secondary N) is 2. The molecule has 23 heavy (non-hydrogen) atoms. The minimum Gasteiger partial charge on any atom is -0.335 e. The van der Waals surface area contributed by atoms with Crippen molar-refractivity contribution in [3.8, 4) is 0 Å². The van der Waals surface area contributed by atoms with Crippen molar-refractivity contribution in [3.05, 3.63) is 29.8 Å². The van der Waals surface area contributed by atoms with E-state index < -0.39 is 0 Å². The number of nitrogens with zero attached hydrogens (tertiary/aromatic N) is 1. The van der Waals surface area contributed by atoms with Crippen LogP contribution >= 0.6 is 11.8 Å². The Morgan fingerprint density at radius 1 is 1.30 bits per heavy atom. The van der Waals surface area contributed by atoms with Gasteiger partial charge in [-0.05, 0) is 56.7 Å². The van der Waals surface area contributed by atoms with Crippen molar-refractivity contribution < 1.29 is 4.79 Å². The van der Waals surface area contributed by atoms with E-state index in [1.54, 1.807) is 11.8 Å². The van der Waals surface area contributed by atoms with Crippen LogP contribution < -0.4 is 10.6 Å². The lowest BCUT2D eigenvalue weighted by atomic mass is 9.82. The second-order valence-electron chi connectivity index (χ2n) is 6.80. The van der Waals surface area contributed by atoms with Gasteiger partial charge in [0.25, 0.3) is 0 Å². The quantitative estimate of drug-likeness (QED) is 0.883. The Bertz CT molecular complexity index is 537. The van der Waals surface area contributed by atoms with Crippen LogP contribution in [0.15, 0.2) is 24.3 Å². The summed E-state index contributed by atoms with van der Waals surface area (Å²) < 4.78 is 0. The minimum atomic E-state index is -0.0704. The number of hydrogen-bond acceptors (Lipinski definition) is 3. The maximum atomic E-state index is 12.3. The molecule has 0 saturated carbocycles. The number of fused-ring (bicyclic) bond motifs is 2. The number of amides is 2. The summed E-state index contributed by atoms with van der Waals surface area (Å²) in [6, 6.07) is 9.61. The summed E-state index contributed by atoms with van der Waals surface area (Å²) in [6.45, 7) is 0. The SMILES string of the molecule is CSCc1cccc(NC(=O)NC2CC3CCCC(C2)N3C)c1. The van der Waals surface area contributed by atoms with Gasteiger partial charge in [0.1, 0.15) is 0 Å². The second-order valence-corrected chi connectivity index (χ2v) is 7.67. The Morgan fingerprint density at radius 2 is 2.04 bits per heavy atom. The van der Waals surface area contributed by atoms with Crippen molar-refractivity contribution in [2.24, 2.45) is 0 Å². The number of thioether (sulfide) groups is 1. The first kappa shape index (κ1) is 16.7. The number of urea groups is 1. The van der Waals surface area contributed by atoms with Crippen LogP contribution in [-0.2, 0) is 5.75 Å². The molecule has 5 heteroatoms. The van der Waals surface area contributed by atoms with Gasteiger partial charge in [0.15, 0.2) is 0 Å². The summed E-state index contributed by atoms with van der Waals surface area (Å²) in [7, 11) is 2.24. The molecule has 2 amide bonds. The van der Waals surface area contributed by atoms with E-state index in [1.807, 2.05) is 12.1 Å². The van der Waals surface area contributed by atoms with Crippen LogP contribution in [-0.4, -0.2) is 42.4 Å². The smallest absolute Gasteiger partial charge is 0.319 e. The van der Waals surface area contributed by atoms with Crippen LogP contribution in [0.5, 0.6) is 0 Å². The Kier molecular flexibility index (Phi) is 5.49. The molecular formula is C18H27N3OS. The van der Waals surface area contributed by atoms with Crippen LogP contribution in [0, 0.1) is 0 Å². The molecule has 2 saturated heterocycles. The molecule has 2 bridgehead atoms. The van der Waals surface area contributed by atoms with Gasteiger partial charge in [-0.25, -0.2) is 4.79 Å². The van der Waals surface area contributed by atoms with Crippen molar-refractivity contribution in [3.63, 3.8) is 0 Å². The molecule has 0 aliphatic carbocycles. The minimum absolute atomic E-state index is 0.0704. The Balaban J connectivity index is 1.54. The zero-order chi connectivity index (χ0) is 16.2. The number of benzene rings is 1. The summed E-state index contributed by atoms with van der Waals surface area (Å²) in [5, 5.41) is 6.18. The van der Waals surface area contributed by atoms with Gasteiger partial charge in [-0.1, -0.05) is 18.6 Å². The van der Waals surface area contributed by atoms with Crippen molar-refractivity contribution in [1.82, 2.24) is 10.2 Å². The molecule has 4 nitrogen and oxygen atoms in total. The van der Waals surface area contributed by atoms with Gasteiger partial charge in [0.2, 0.25) is 0 Å². The topological polar surface area (TPSA) is 44.4 Å². The second kappa shape index (κ2) is 7.58. The van der Waals surface area contributed by atoms with Crippen LogP contribution in [0.2, 0.25) is 0 Å². The third-order valence-electron chi connectivity index (χ3n) is 5.17.